The van der Waals surface area contributed by atoms with Crippen molar-refractivity contribution in [1.82, 2.24) is 10.2 Å². The van der Waals surface area contributed by atoms with Crippen LogP contribution < -0.4 is 5.32 Å². The number of likely N-dealkylation sites (tertiary alicyclic amines) is 1. The van der Waals surface area contributed by atoms with Gasteiger partial charge in [-0.15, -0.1) is 0 Å². The van der Waals surface area contributed by atoms with Crippen molar-refractivity contribution in [3.8, 4) is 0 Å². The molecule has 1 atom stereocenters. The molecule has 0 radical (unpaired) electrons. The Morgan fingerprint density at radius 2 is 2.31 bits per heavy atom. The first-order valence-electron chi connectivity index (χ1n) is 4.57. The molecule has 0 aliphatic carbocycles. The van der Waals surface area contributed by atoms with Gasteiger partial charge in [0.05, 0.1) is 0 Å². The van der Waals surface area contributed by atoms with Gasteiger partial charge in [0.25, 0.3) is 0 Å². The van der Waals surface area contributed by atoms with Crippen molar-refractivity contribution in [2.75, 3.05) is 13.6 Å². The fraction of sp³-hybridized carbons (Fsp3) is 0.778. The number of carbonyl (C=O) groups is 2. The van der Waals surface area contributed by atoms with Gasteiger partial charge in [0.1, 0.15) is 6.04 Å². The number of hydrogen-bond donors (Lipinski definition) is 1. The Labute approximate surface area is 79.8 Å². The van der Waals surface area contributed by atoms with Crippen LogP contribution in [-0.4, -0.2) is 36.3 Å². The average molecular weight is 186 g/mol. The zero-order chi connectivity index (χ0) is 10.0. The Balaban J connectivity index is 0.00000169. The van der Waals surface area contributed by atoms with Crippen molar-refractivity contribution in [2.45, 2.75) is 26.3 Å². The maximum atomic E-state index is 11.4. The van der Waals surface area contributed by atoms with Crippen LogP contribution in [0.15, 0.2) is 0 Å². The Bertz CT molecular complexity index is 231. The molecule has 1 aliphatic heterocycles. The molecular formula is C9H18N2O2. The number of amides is 2. The lowest BCUT2D eigenvalue weighted by Crippen LogP contribution is -2.42. The summed E-state index contributed by atoms with van der Waals surface area (Å²) < 4.78 is 0. The van der Waals surface area contributed by atoms with Crippen molar-refractivity contribution in [3.63, 3.8) is 0 Å². The van der Waals surface area contributed by atoms with Crippen LogP contribution in [0.1, 0.15) is 21.7 Å². The molecule has 0 bridgehead atoms. The largest absolute Gasteiger partial charge is 0.344 e. The van der Waals surface area contributed by atoms with Gasteiger partial charge in [-0.2, -0.15) is 0 Å². The highest BCUT2D eigenvalue weighted by atomic mass is 16.2. The number of likely N-dealkylation sites (N-methyl/N-ethyl adjacent to an activating group) is 1. The number of hydrogen-bond acceptors (Lipinski definition) is 2. The summed E-state index contributed by atoms with van der Waals surface area (Å²) in [6, 6.07) is -0.292. The SMILES string of the molecule is CC(C)C(=O)NC1CCN(C)C1=O.[HH]. The van der Waals surface area contributed by atoms with Crippen molar-refractivity contribution < 1.29 is 11.0 Å². The molecule has 1 heterocycles. The molecule has 1 fully saturated rings. The van der Waals surface area contributed by atoms with E-state index in [9.17, 15) is 9.59 Å². The van der Waals surface area contributed by atoms with Crippen molar-refractivity contribution in [1.29, 1.82) is 0 Å². The molecule has 4 nitrogen and oxygen atoms in total. The van der Waals surface area contributed by atoms with Crippen molar-refractivity contribution in [3.05, 3.63) is 0 Å². The summed E-state index contributed by atoms with van der Waals surface area (Å²) in [6.45, 7) is 4.37. The third kappa shape index (κ3) is 2.20. The summed E-state index contributed by atoms with van der Waals surface area (Å²) in [5.74, 6) is -0.0821. The number of carbonyl (C=O) groups excluding carboxylic acids is 2. The summed E-state index contributed by atoms with van der Waals surface area (Å²) in [5, 5.41) is 2.73. The van der Waals surface area contributed by atoms with Crippen LogP contribution in [-0.2, 0) is 9.59 Å². The van der Waals surface area contributed by atoms with Gasteiger partial charge in [-0.05, 0) is 6.42 Å². The van der Waals surface area contributed by atoms with Crippen LogP contribution in [0.4, 0.5) is 0 Å². The molecule has 1 aliphatic rings. The maximum Gasteiger partial charge on any atom is 0.244 e. The van der Waals surface area contributed by atoms with Crippen LogP contribution in [0.2, 0.25) is 0 Å². The van der Waals surface area contributed by atoms with E-state index >= 15 is 0 Å². The molecule has 1 saturated heterocycles. The molecule has 0 spiro atoms. The first kappa shape index (κ1) is 10.0. The predicted molar refractivity (Wildman–Crippen MR) is 51.1 cm³/mol. The monoisotopic (exact) mass is 186 g/mol. The molecule has 0 saturated carbocycles. The normalized spacial score (nSPS) is 22.6. The van der Waals surface area contributed by atoms with Gasteiger partial charge < -0.3 is 10.2 Å². The van der Waals surface area contributed by atoms with Crippen LogP contribution in [0.25, 0.3) is 0 Å². The van der Waals surface area contributed by atoms with E-state index in [1.165, 1.54) is 0 Å². The minimum Gasteiger partial charge on any atom is -0.344 e. The molecule has 0 aromatic heterocycles. The van der Waals surface area contributed by atoms with Gasteiger partial charge in [0.15, 0.2) is 0 Å². The molecule has 0 aromatic carbocycles. The van der Waals surface area contributed by atoms with Gasteiger partial charge in [-0.1, -0.05) is 13.8 Å². The van der Waals surface area contributed by atoms with Gasteiger partial charge in [0, 0.05) is 20.9 Å². The standard InChI is InChI=1S/C9H16N2O2.H2/c1-6(2)8(12)10-7-4-5-11(3)9(7)13;/h6-7H,4-5H2,1-3H3,(H,10,12);1H. The Morgan fingerprint density at radius 1 is 1.69 bits per heavy atom. The summed E-state index contributed by atoms with van der Waals surface area (Å²) in [5.41, 5.74) is 0. The molecule has 1 rings (SSSR count). The first-order chi connectivity index (χ1) is 6.02. The lowest BCUT2D eigenvalue weighted by molar-refractivity contribution is -0.132. The summed E-state index contributed by atoms with van der Waals surface area (Å²) in [4.78, 5) is 24.3. The molecular weight excluding hydrogens is 168 g/mol. The van der Waals surface area contributed by atoms with E-state index < -0.39 is 0 Å². The van der Waals surface area contributed by atoms with Crippen LogP contribution in [0.3, 0.4) is 0 Å². The molecule has 2 amide bonds. The van der Waals surface area contributed by atoms with Crippen molar-refractivity contribution >= 4 is 11.8 Å². The van der Waals surface area contributed by atoms with E-state index in [-0.39, 0.29) is 25.2 Å². The van der Waals surface area contributed by atoms with Crippen LogP contribution in [0.5, 0.6) is 0 Å². The minimum absolute atomic E-state index is 0. The third-order valence-corrected chi connectivity index (χ3v) is 2.27. The van der Waals surface area contributed by atoms with Gasteiger partial charge in [-0.25, -0.2) is 0 Å². The number of nitrogens with one attached hydrogen (secondary N) is 1. The highest BCUT2D eigenvalue weighted by Crippen LogP contribution is 2.08. The van der Waals surface area contributed by atoms with E-state index in [1.807, 2.05) is 13.8 Å². The second-order valence-electron chi connectivity index (χ2n) is 3.76. The zero-order valence-corrected chi connectivity index (χ0v) is 8.33. The third-order valence-electron chi connectivity index (χ3n) is 2.27. The smallest absolute Gasteiger partial charge is 0.244 e. The summed E-state index contributed by atoms with van der Waals surface area (Å²) >= 11 is 0. The van der Waals surface area contributed by atoms with E-state index in [4.69, 9.17) is 0 Å². The average Bonchev–Trinajstić information content (AvgIpc) is 2.36. The first-order valence-corrected chi connectivity index (χ1v) is 4.57. The molecule has 13 heavy (non-hydrogen) atoms. The van der Waals surface area contributed by atoms with E-state index in [1.54, 1.807) is 11.9 Å². The fourth-order valence-electron chi connectivity index (χ4n) is 1.29. The molecule has 0 aromatic rings. The second-order valence-corrected chi connectivity index (χ2v) is 3.76. The van der Waals surface area contributed by atoms with Crippen molar-refractivity contribution in [2.24, 2.45) is 5.92 Å². The number of rotatable bonds is 2. The molecule has 1 unspecified atom stereocenters. The fourth-order valence-corrected chi connectivity index (χ4v) is 1.29. The maximum absolute atomic E-state index is 11.4. The minimum atomic E-state index is -0.292. The second kappa shape index (κ2) is 3.77. The molecule has 1 N–H and O–H groups in total. The van der Waals surface area contributed by atoms with Gasteiger partial charge in [0.2, 0.25) is 11.8 Å². The Morgan fingerprint density at radius 3 is 2.69 bits per heavy atom. The van der Waals surface area contributed by atoms with Gasteiger partial charge >= 0.3 is 0 Å². The molecule has 76 valence electrons. The highest BCUT2D eigenvalue weighted by molar-refractivity contribution is 5.89. The Kier molecular flexibility index (Phi) is 2.90. The summed E-state index contributed by atoms with van der Waals surface area (Å²) in [7, 11) is 1.75. The van der Waals surface area contributed by atoms with Gasteiger partial charge in [-0.3, -0.25) is 9.59 Å². The number of nitrogens with zero attached hydrogens (tertiary/aromatic N) is 1. The topological polar surface area (TPSA) is 49.4 Å². The van der Waals surface area contributed by atoms with E-state index in [0.29, 0.717) is 0 Å². The summed E-state index contributed by atoms with van der Waals surface area (Å²) in [6.07, 6.45) is 0.730. The van der Waals surface area contributed by atoms with E-state index in [2.05, 4.69) is 5.32 Å². The van der Waals surface area contributed by atoms with Crippen LogP contribution >= 0.6 is 0 Å². The Hall–Kier alpha value is -1.06. The van der Waals surface area contributed by atoms with Crippen LogP contribution in [0, 0.1) is 5.92 Å². The van der Waals surface area contributed by atoms with E-state index in [0.717, 1.165) is 13.0 Å². The lowest BCUT2D eigenvalue weighted by Gasteiger charge is -2.13. The molecule has 4 heteroatoms. The predicted octanol–water partition coefficient (Wildman–Crippen LogP) is 0.235. The lowest BCUT2D eigenvalue weighted by atomic mass is 10.2. The highest BCUT2D eigenvalue weighted by Gasteiger charge is 2.30. The quantitative estimate of drug-likeness (QED) is 0.671. The zero-order valence-electron chi connectivity index (χ0n) is 8.33.